The molecule has 2 aromatic rings. The highest BCUT2D eigenvalue weighted by Gasteiger charge is 2.17. The molecular weight excluding hydrogens is 314 g/mol. The molecule has 132 valence electrons. The van der Waals surface area contributed by atoms with Gasteiger partial charge in [-0.15, -0.1) is 0 Å². The number of hydrogen-bond acceptors (Lipinski definition) is 3. The quantitative estimate of drug-likeness (QED) is 0.880. The van der Waals surface area contributed by atoms with Crippen LogP contribution in [0, 0.1) is 0 Å². The molecule has 0 aliphatic carbocycles. The molecule has 0 aliphatic heterocycles. The Hall–Kier alpha value is -2.82. The van der Waals surface area contributed by atoms with E-state index in [1.54, 1.807) is 0 Å². The van der Waals surface area contributed by atoms with Gasteiger partial charge in [0.05, 0.1) is 6.04 Å². The first-order chi connectivity index (χ1) is 11.9. The molecule has 2 aromatic carbocycles. The zero-order chi connectivity index (χ0) is 18.4. The minimum atomic E-state index is -0.191. The topological polar surface area (TPSA) is 52.7 Å². The van der Waals surface area contributed by atoms with E-state index >= 15 is 0 Å². The smallest absolute Gasteiger partial charge is 0.240 e. The van der Waals surface area contributed by atoms with Crippen molar-refractivity contribution in [2.45, 2.75) is 19.9 Å². The Balaban J connectivity index is 2.05. The van der Waals surface area contributed by atoms with Gasteiger partial charge in [-0.25, -0.2) is 0 Å². The molecule has 0 saturated carbocycles. The molecule has 0 saturated heterocycles. The summed E-state index contributed by atoms with van der Waals surface area (Å²) in [6, 6.07) is 17.2. The first-order valence-corrected chi connectivity index (χ1v) is 8.28. The van der Waals surface area contributed by atoms with E-state index in [9.17, 15) is 9.59 Å². The second-order valence-electron chi connectivity index (χ2n) is 6.22. The third-order valence-corrected chi connectivity index (χ3v) is 4.04. The molecule has 2 rings (SSSR count). The molecule has 5 nitrogen and oxygen atoms in total. The second-order valence-corrected chi connectivity index (χ2v) is 6.22. The molecule has 0 bridgehead atoms. The van der Waals surface area contributed by atoms with E-state index in [-0.39, 0.29) is 24.4 Å². The number of rotatable bonds is 6. The maximum atomic E-state index is 12.4. The summed E-state index contributed by atoms with van der Waals surface area (Å²) in [4.78, 5) is 27.8. The molecule has 0 fully saturated rings. The van der Waals surface area contributed by atoms with Gasteiger partial charge in [-0.3, -0.25) is 9.59 Å². The highest BCUT2D eigenvalue weighted by molar-refractivity contribution is 5.97. The number of carbonyl (C=O) groups is 2. The Morgan fingerprint density at radius 3 is 2.04 bits per heavy atom. The second kappa shape index (κ2) is 8.33. The lowest BCUT2D eigenvalue weighted by molar-refractivity contribution is -0.123. The molecule has 5 heteroatoms. The van der Waals surface area contributed by atoms with E-state index < -0.39 is 0 Å². The predicted octanol–water partition coefficient (Wildman–Crippen LogP) is 2.98. The van der Waals surface area contributed by atoms with Crippen molar-refractivity contribution >= 4 is 23.2 Å². The van der Waals surface area contributed by atoms with Crippen LogP contribution in [0.4, 0.5) is 11.4 Å². The molecule has 0 radical (unpaired) electrons. The summed E-state index contributed by atoms with van der Waals surface area (Å²) >= 11 is 0. The van der Waals surface area contributed by atoms with Crippen LogP contribution in [0.15, 0.2) is 54.6 Å². The molecule has 25 heavy (non-hydrogen) atoms. The highest BCUT2D eigenvalue weighted by Crippen LogP contribution is 2.20. The van der Waals surface area contributed by atoms with Crippen molar-refractivity contribution in [1.82, 2.24) is 5.32 Å². The maximum absolute atomic E-state index is 12.4. The van der Waals surface area contributed by atoms with Crippen molar-refractivity contribution in [2.75, 3.05) is 30.4 Å². The first-order valence-electron chi connectivity index (χ1n) is 8.28. The van der Waals surface area contributed by atoms with Crippen LogP contribution in [0.25, 0.3) is 0 Å². The lowest BCUT2D eigenvalue weighted by Crippen LogP contribution is -2.40. The predicted molar refractivity (Wildman–Crippen MR) is 102 cm³/mol. The van der Waals surface area contributed by atoms with Gasteiger partial charge < -0.3 is 15.1 Å². The standard InChI is InChI=1S/C20H25N3O2/c1-15(17-8-6-5-7-9-17)21-20(25)14-23(16(2)24)19-12-10-18(11-13-19)22(3)4/h5-13,15H,14H2,1-4H3,(H,21,25). The zero-order valence-corrected chi connectivity index (χ0v) is 15.2. The number of anilines is 2. The van der Waals surface area contributed by atoms with Gasteiger partial charge in [-0.2, -0.15) is 0 Å². The Bertz CT molecular complexity index is 711. The van der Waals surface area contributed by atoms with Crippen molar-refractivity contribution in [1.29, 1.82) is 0 Å². The monoisotopic (exact) mass is 339 g/mol. The Morgan fingerprint density at radius 2 is 1.52 bits per heavy atom. The molecule has 0 aliphatic rings. The van der Waals surface area contributed by atoms with Gasteiger partial charge in [-0.05, 0) is 36.8 Å². The van der Waals surface area contributed by atoms with Crippen LogP contribution in [-0.4, -0.2) is 32.5 Å². The van der Waals surface area contributed by atoms with Crippen LogP contribution in [0.5, 0.6) is 0 Å². The normalized spacial score (nSPS) is 11.5. The number of benzene rings is 2. The van der Waals surface area contributed by atoms with E-state index in [2.05, 4.69) is 5.32 Å². The van der Waals surface area contributed by atoms with Crippen LogP contribution in [0.3, 0.4) is 0 Å². The molecule has 2 amide bonds. The number of amides is 2. The van der Waals surface area contributed by atoms with Crippen LogP contribution in [0.1, 0.15) is 25.5 Å². The van der Waals surface area contributed by atoms with E-state index in [0.29, 0.717) is 5.69 Å². The third kappa shape index (κ3) is 5.08. The maximum Gasteiger partial charge on any atom is 0.240 e. The Labute approximate surface area is 149 Å². The molecule has 0 aromatic heterocycles. The highest BCUT2D eigenvalue weighted by atomic mass is 16.2. The minimum absolute atomic E-state index is 0.00613. The molecule has 1 atom stereocenters. The van der Waals surface area contributed by atoms with Gasteiger partial charge in [-0.1, -0.05) is 30.3 Å². The van der Waals surface area contributed by atoms with Crippen molar-refractivity contribution < 1.29 is 9.59 Å². The summed E-state index contributed by atoms with van der Waals surface area (Å²) in [6.45, 7) is 3.39. The molecular formula is C20H25N3O2. The van der Waals surface area contributed by atoms with Gasteiger partial charge >= 0.3 is 0 Å². The fraction of sp³-hybridized carbons (Fsp3) is 0.300. The Morgan fingerprint density at radius 1 is 0.960 bits per heavy atom. The van der Waals surface area contributed by atoms with E-state index in [0.717, 1.165) is 11.3 Å². The average molecular weight is 339 g/mol. The molecule has 1 N–H and O–H groups in total. The lowest BCUT2D eigenvalue weighted by Gasteiger charge is -2.23. The van der Waals surface area contributed by atoms with Crippen LogP contribution in [-0.2, 0) is 9.59 Å². The van der Waals surface area contributed by atoms with E-state index in [1.165, 1.54) is 11.8 Å². The minimum Gasteiger partial charge on any atom is -0.378 e. The number of hydrogen-bond donors (Lipinski definition) is 1. The Kier molecular flexibility index (Phi) is 6.17. The largest absolute Gasteiger partial charge is 0.378 e. The SMILES string of the molecule is CC(=O)N(CC(=O)NC(C)c1ccccc1)c1ccc(N(C)C)cc1. The summed E-state index contributed by atoms with van der Waals surface area (Å²) in [7, 11) is 3.91. The van der Waals surface area contributed by atoms with Crippen LogP contribution in [0.2, 0.25) is 0 Å². The van der Waals surface area contributed by atoms with Crippen molar-refractivity contribution in [3.63, 3.8) is 0 Å². The fourth-order valence-electron chi connectivity index (χ4n) is 2.57. The van der Waals surface area contributed by atoms with E-state index in [1.807, 2.05) is 80.5 Å². The van der Waals surface area contributed by atoms with Gasteiger partial charge in [0.2, 0.25) is 11.8 Å². The number of nitrogens with zero attached hydrogens (tertiary/aromatic N) is 2. The molecule has 0 spiro atoms. The van der Waals surface area contributed by atoms with Gasteiger partial charge in [0, 0.05) is 32.4 Å². The number of carbonyl (C=O) groups excluding carboxylic acids is 2. The summed E-state index contributed by atoms with van der Waals surface area (Å²) in [6.07, 6.45) is 0. The van der Waals surface area contributed by atoms with Crippen molar-refractivity contribution in [3.05, 3.63) is 60.2 Å². The summed E-state index contributed by atoms with van der Waals surface area (Å²) < 4.78 is 0. The van der Waals surface area contributed by atoms with Gasteiger partial charge in [0.25, 0.3) is 0 Å². The van der Waals surface area contributed by atoms with Gasteiger partial charge in [0.1, 0.15) is 6.54 Å². The number of nitrogens with one attached hydrogen (secondary N) is 1. The molecule has 1 unspecified atom stereocenters. The zero-order valence-electron chi connectivity index (χ0n) is 15.2. The molecule has 0 heterocycles. The third-order valence-electron chi connectivity index (χ3n) is 4.04. The van der Waals surface area contributed by atoms with Crippen LogP contribution >= 0.6 is 0 Å². The summed E-state index contributed by atoms with van der Waals surface area (Å²) in [5, 5.41) is 2.94. The summed E-state index contributed by atoms with van der Waals surface area (Å²) in [5.74, 6) is -0.358. The lowest BCUT2D eigenvalue weighted by atomic mass is 10.1. The summed E-state index contributed by atoms with van der Waals surface area (Å²) in [5.41, 5.74) is 2.77. The van der Waals surface area contributed by atoms with Gasteiger partial charge in [0.15, 0.2) is 0 Å². The van der Waals surface area contributed by atoms with Crippen LogP contribution < -0.4 is 15.1 Å². The first kappa shape index (κ1) is 18.5. The van der Waals surface area contributed by atoms with Crippen molar-refractivity contribution in [3.8, 4) is 0 Å². The fourth-order valence-corrected chi connectivity index (χ4v) is 2.57. The average Bonchev–Trinajstić information content (AvgIpc) is 2.60. The van der Waals surface area contributed by atoms with E-state index in [4.69, 9.17) is 0 Å². The van der Waals surface area contributed by atoms with Crippen molar-refractivity contribution in [2.24, 2.45) is 0 Å².